The number of amides is 2. The van der Waals surface area contributed by atoms with Crippen molar-refractivity contribution in [2.45, 2.75) is 71.0 Å². The van der Waals surface area contributed by atoms with Gasteiger partial charge in [0.2, 0.25) is 21.8 Å². The number of hydrogen-bond acceptors (Lipinski definition) is 4. The van der Waals surface area contributed by atoms with Gasteiger partial charge in [0.05, 0.1) is 11.9 Å². The molecule has 9 heteroatoms. The van der Waals surface area contributed by atoms with Crippen molar-refractivity contribution < 1.29 is 22.4 Å². The van der Waals surface area contributed by atoms with Gasteiger partial charge in [-0.3, -0.25) is 13.9 Å². The summed E-state index contributed by atoms with van der Waals surface area (Å²) in [5, 5.41) is 3.15. The minimum absolute atomic E-state index is 0.00241. The molecule has 0 heterocycles. The van der Waals surface area contributed by atoms with Gasteiger partial charge in [0.15, 0.2) is 0 Å². The molecule has 0 unspecified atom stereocenters. The van der Waals surface area contributed by atoms with Crippen LogP contribution < -0.4 is 9.62 Å². The van der Waals surface area contributed by atoms with Crippen LogP contribution in [-0.2, 0) is 32.6 Å². The van der Waals surface area contributed by atoms with Crippen LogP contribution in [0, 0.1) is 19.7 Å². The summed E-state index contributed by atoms with van der Waals surface area (Å²) in [6, 6.07) is 19.8. The number of sulfonamides is 1. The largest absolute Gasteiger partial charge is 0.352 e. The highest BCUT2D eigenvalue weighted by Crippen LogP contribution is 2.26. The molecule has 0 spiro atoms. The fourth-order valence-corrected chi connectivity index (χ4v) is 6.41. The van der Waals surface area contributed by atoms with Crippen LogP contribution in [0.1, 0.15) is 54.4 Å². The molecule has 0 aromatic heterocycles. The van der Waals surface area contributed by atoms with E-state index < -0.39 is 34.3 Å². The quantitative estimate of drug-likeness (QED) is 0.327. The second kappa shape index (κ2) is 14.0. The number of aryl methyl sites for hydroxylation is 1. The Kier molecular flexibility index (Phi) is 10.4. The first-order valence-corrected chi connectivity index (χ1v) is 16.3. The van der Waals surface area contributed by atoms with E-state index >= 15 is 0 Å². The summed E-state index contributed by atoms with van der Waals surface area (Å²) in [7, 11) is -3.88. The fraction of sp³-hybridized carbons (Fsp3) is 0.394. The molecule has 1 aliphatic rings. The molecular weight excluding hydrogens is 553 g/mol. The van der Waals surface area contributed by atoms with Gasteiger partial charge in [-0.25, -0.2) is 12.8 Å². The number of halogens is 1. The molecule has 4 rings (SSSR count). The maximum Gasteiger partial charge on any atom is 0.244 e. The minimum Gasteiger partial charge on any atom is -0.352 e. The lowest BCUT2D eigenvalue weighted by atomic mass is 9.94. The van der Waals surface area contributed by atoms with E-state index in [1.165, 1.54) is 11.0 Å². The highest BCUT2D eigenvalue weighted by Gasteiger charge is 2.34. The predicted molar refractivity (Wildman–Crippen MR) is 164 cm³/mol. The van der Waals surface area contributed by atoms with Crippen molar-refractivity contribution >= 4 is 27.5 Å². The van der Waals surface area contributed by atoms with Gasteiger partial charge in [-0.2, -0.15) is 0 Å². The third-order valence-electron chi connectivity index (χ3n) is 8.05. The zero-order chi connectivity index (χ0) is 30.3. The first-order chi connectivity index (χ1) is 20.0. The molecule has 0 aliphatic heterocycles. The first-order valence-electron chi connectivity index (χ1n) is 14.5. The van der Waals surface area contributed by atoms with Gasteiger partial charge in [0.1, 0.15) is 18.4 Å². The molecule has 1 aliphatic carbocycles. The summed E-state index contributed by atoms with van der Waals surface area (Å²) >= 11 is 0. The van der Waals surface area contributed by atoms with E-state index in [-0.39, 0.29) is 30.5 Å². The van der Waals surface area contributed by atoms with Crippen molar-refractivity contribution in [1.29, 1.82) is 0 Å². The smallest absolute Gasteiger partial charge is 0.244 e. The van der Waals surface area contributed by atoms with Crippen LogP contribution in [0.15, 0.2) is 72.8 Å². The number of nitrogens with one attached hydrogen (secondary N) is 1. The van der Waals surface area contributed by atoms with Crippen LogP contribution >= 0.6 is 0 Å². The molecule has 3 aromatic carbocycles. The number of carbonyl (C=O) groups excluding carboxylic acids is 2. The number of carbonyl (C=O) groups is 2. The molecule has 0 bridgehead atoms. The molecule has 3 aromatic rings. The summed E-state index contributed by atoms with van der Waals surface area (Å²) in [6.07, 6.45) is 6.13. The lowest BCUT2D eigenvalue weighted by Crippen LogP contribution is -2.55. The lowest BCUT2D eigenvalue weighted by molar-refractivity contribution is -0.140. The lowest BCUT2D eigenvalue weighted by Gasteiger charge is -2.35. The normalized spacial score (nSPS) is 14.7. The van der Waals surface area contributed by atoms with Crippen molar-refractivity contribution in [1.82, 2.24) is 10.2 Å². The Morgan fingerprint density at radius 2 is 1.60 bits per heavy atom. The molecule has 1 atom stereocenters. The van der Waals surface area contributed by atoms with Crippen molar-refractivity contribution in [2.24, 2.45) is 0 Å². The Hall–Kier alpha value is -3.72. The van der Waals surface area contributed by atoms with Crippen molar-refractivity contribution in [2.75, 3.05) is 17.1 Å². The van der Waals surface area contributed by atoms with E-state index in [9.17, 15) is 22.4 Å². The van der Waals surface area contributed by atoms with Gasteiger partial charge >= 0.3 is 0 Å². The maximum atomic E-state index is 14.9. The molecule has 1 N–H and O–H groups in total. The minimum atomic E-state index is -3.88. The average molecular weight is 594 g/mol. The van der Waals surface area contributed by atoms with E-state index in [2.05, 4.69) is 5.32 Å². The average Bonchev–Trinajstić information content (AvgIpc) is 2.96. The summed E-state index contributed by atoms with van der Waals surface area (Å²) in [5.41, 5.74) is 3.08. The summed E-state index contributed by atoms with van der Waals surface area (Å²) < 4.78 is 42.1. The number of benzene rings is 3. The predicted octanol–water partition coefficient (Wildman–Crippen LogP) is 5.30. The molecule has 0 radical (unpaired) electrons. The van der Waals surface area contributed by atoms with E-state index in [4.69, 9.17) is 0 Å². The highest BCUT2D eigenvalue weighted by molar-refractivity contribution is 7.92. The Morgan fingerprint density at radius 1 is 0.929 bits per heavy atom. The monoisotopic (exact) mass is 593 g/mol. The van der Waals surface area contributed by atoms with Crippen LogP contribution in [0.5, 0.6) is 0 Å². The fourth-order valence-electron chi connectivity index (χ4n) is 5.51. The van der Waals surface area contributed by atoms with Gasteiger partial charge in [-0.15, -0.1) is 0 Å². The first kappa shape index (κ1) is 31.2. The molecular formula is C33H40FN3O4S. The van der Waals surface area contributed by atoms with E-state index in [1.54, 1.807) is 37.3 Å². The standard InChI is InChI=1S/C33H40FN3O4S/c1-24-13-12-20-30(25(24)2)37(42(3,40)41)23-32(38)36(22-27-16-10-11-19-29(27)34)31(21-26-14-6-4-7-15-26)33(39)35-28-17-8-5-9-18-28/h4,6-7,10-16,19-20,28,31H,5,8-9,17-18,21-23H2,1-3H3,(H,35,39)/t31-/m0/s1. The van der Waals surface area contributed by atoms with Crippen LogP contribution in [0.4, 0.5) is 10.1 Å². The Bertz CT molecular complexity index is 1490. The van der Waals surface area contributed by atoms with Gasteiger partial charge in [-0.1, -0.05) is 79.9 Å². The zero-order valence-corrected chi connectivity index (χ0v) is 25.4. The zero-order valence-electron chi connectivity index (χ0n) is 24.6. The third-order valence-corrected chi connectivity index (χ3v) is 9.17. The second-order valence-corrected chi connectivity index (χ2v) is 13.1. The molecule has 0 saturated heterocycles. The molecule has 1 saturated carbocycles. The topological polar surface area (TPSA) is 86.8 Å². The highest BCUT2D eigenvalue weighted by atomic mass is 32.2. The number of rotatable bonds is 11. The van der Waals surface area contributed by atoms with Crippen LogP contribution in [-0.4, -0.2) is 50.0 Å². The van der Waals surface area contributed by atoms with Crippen LogP contribution in [0.2, 0.25) is 0 Å². The van der Waals surface area contributed by atoms with Gasteiger partial charge in [-0.05, 0) is 55.5 Å². The summed E-state index contributed by atoms with van der Waals surface area (Å²) in [6.45, 7) is 2.96. The summed E-state index contributed by atoms with van der Waals surface area (Å²) in [4.78, 5) is 29.5. The van der Waals surface area contributed by atoms with Crippen LogP contribution in [0.3, 0.4) is 0 Å². The number of nitrogens with zero attached hydrogens (tertiary/aromatic N) is 2. The summed E-state index contributed by atoms with van der Waals surface area (Å²) in [5.74, 6) is -1.42. The van der Waals surface area contributed by atoms with E-state index in [0.29, 0.717) is 5.69 Å². The molecule has 7 nitrogen and oxygen atoms in total. The van der Waals surface area contributed by atoms with E-state index in [0.717, 1.165) is 59.4 Å². The Labute approximate surface area is 248 Å². The van der Waals surface area contributed by atoms with Gasteiger partial charge in [0.25, 0.3) is 0 Å². The second-order valence-electron chi connectivity index (χ2n) is 11.2. The molecule has 42 heavy (non-hydrogen) atoms. The Balaban J connectivity index is 1.75. The number of hydrogen-bond donors (Lipinski definition) is 1. The van der Waals surface area contributed by atoms with Crippen molar-refractivity contribution in [3.8, 4) is 0 Å². The SMILES string of the molecule is Cc1cccc(N(CC(=O)N(Cc2ccccc2F)[C@@H](Cc2ccccc2)C(=O)NC2CCCCC2)S(C)(=O)=O)c1C. The van der Waals surface area contributed by atoms with Crippen molar-refractivity contribution in [3.63, 3.8) is 0 Å². The third kappa shape index (κ3) is 7.97. The molecule has 224 valence electrons. The van der Waals surface area contributed by atoms with Gasteiger partial charge < -0.3 is 10.2 Å². The van der Waals surface area contributed by atoms with E-state index in [1.807, 2.05) is 43.3 Å². The maximum absolute atomic E-state index is 14.9. The number of anilines is 1. The Morgan fingerprint density at radius 3 is 2.26 bits per heavy atom. The molecule has 1 fully saturated rings. The van der Waals surface area contributed by atoms with Crippen LogP contribution in [0.25, 0.3) is 0 Å². The van der Waals surface area contributed by atoms with Gasteiger partial charge in [0, 0.05) is 24.6 Å². The van der Waals surface area contributed by atoms with Crippen molar-refractivity contribution in [3.05, 3.63) is 101 Å². The molecule has 2 amide bonds.